The van der Waals surface area contributed by atoms with Gasteiger partial charge in [0.25, 0.3) is 0 Å². The second kappa shape index (κ2) is 8.32. The lowest BCUT2D eigenvalue weighted by atomic mass is 10.0. The van der Waals surface area contributed by atoms with Gasteiger partial charge in [0.15, 0.2) is 0 Å². The van der Waals surface area contributed by atoms with Crippen LogP contribution in [0.25, 0.3) is 0 Å². The van der Waals surface area contributed by atoms with Crippen molar-refractivity contribution in [3.63, 3.8) is 0 Å². The predicted octanol–water partition coefficient (Wildman–Crippen LogP) is 0.503. The van der Waals surface area contributed by atoms with Crippen molar-refractivity contribution in [3.05, 3.63) is 71.8 Å². The lowest BCUT2D eigenvalue weighted by Crippen LogP contribution is -3.00. The maximum atomic E-state index is 6.17. The maximum Gasteiger partial charge on any atom is 0.108 e. The van der Waals surface area contributed by atoms with E-state index in [0.29, 0.717) is 0 Å². The zero-order chi connectivity index (χ0) is 14.4. The van der Waals surface area contributed by atoms with Crippen LogP contribution in [-0.2, 0) is 4.74 Å². The van der Waals surface area contributed by atoms with Crippen molar-refractivity contribution >= 4 is 0 Å². The van der Waals surface area contributed by atoms with E-state index in [9.17, 15) is 0 Å². The third-order valence-corrected chi connectivity index (χ3v) is 3.25. The van der Waals surface area contributed by atoms with Gasteiger partial charge in [0.1, 0.15) is 12.6 Å². The van der Waals surface area contributed by atoms with Crippen molar-refractivity contribution in [1.29, 1.82) is 0 Å². The van der Waals surface area contributed by atoms with Gasteiger partial charge in [-0.2, -0.15) is 0 Å². The van der Waals surface area contributed by atoms with Gasteiger partial charge in [-0.15, -0.1) is 0 Å². The Morgan fingerprint density at radius 2 is 1.24 bits per heavy atom. The van der Waals surface area contributed by atoms with Crippen LogP contribution in [0.4, 0.5) is 0 Å². The molecule has 0 aliphatic rings. The van der Waals surface area contributed by atoms with E-state index in [2.05, 4.69) is 69.7 Å². The zero-order valence-electron chi connectivity index (χ0n) is 13.0. The molecule has 0 saturated carbocycles. The Morgan fingerprint density at radius 1 is 0.810 bits per heavy atom. The zero-order valence-corrected chi connectivity index (χ0v) is 14.6. The van der Waals surface area contributed by atoms with Crippen LogP contribution in [0.1, 0.15) is 17.2 Å². The van der Waals surface area contributed by atoms with Gasteiger partial charge in [-0.3, -0.25) is 0 Å². The standard InChI is InChI=1S/C18H24NO.BrH/c1-19(2,3)14-15-20-18(16-10-6-4-7-11-16)17-12-8-5-9-13-17;/h4-13,18H,14-15H2,1-3H3;1H/q+1;/p-1. The number of hydrogen-bond donors (Lipinski definition) is 0. The molecule has 2 rings (SSSR count). The molecule has 0 saturated heterocycles. The summed E-state index contributed by atoms with van der Waals surface area (Å²) in [6.07, 6.45) is 0.0175. The molecule has 0 aliphatic carbocycles. The Balaban J connectivity index is 0.00000220. The Morgan fingerprint density at radius 3 is 1.62 bits per heavy atom. The van der Waals surface area contributed by atoms with Crippen LogP contribution in [0, 0.1) is 0 Å². The lowest BCUT2D eigenvalue weighted by molar-refractivity contribution is -0.870. The summed E-state index contributed by atoms with van der Waals surface area (Å²) in [4.78, 5) is 0. The minimum Gasteiger partial charge on any atom is -1.00 e. The smallest absolute Gasteiger partial charge is 0.108 e. The molecule has 0 spiro atoms. The number of rotatable bonds is 6. The number of halogens is 1. The molecule has 21 heavy (non-hydrogen) atoms. The molecular formula is C18H24BrNO. The molecular weight excluding hydrogens is 326 g/mol. The van der Waals surface area contributed by atoms with Gasteiger partial charge in [-0.1, -0.05) is 60.7 Å². The molecule has 0 fully saturated rings. The molecule has 3 heteroatoms. The number of nitrogens with zero attached hydrogens (tertiary/aromatic N) is 1. The predicted molar refractivity (Wildman–Crippen MR) is 83.6 cm³/mol. The van der Waals surface area contributed by atoms with Gasteiger partial charge in [0.05, 0.1) is 27.7 Å². The first-order chi connectivity index (χ1) is 9.56. The minimum absolute atomic E-state index is 0. The first kappa shape index (κ1) is 17.9. The SMILES string of the molecule is C[N+](C)(C)CCOC(c1ccccc1)c1ccccc1.[Br-]. The average molecular weight is 350 g/mol. The quantitative estimate of drug-likeness (QED) is 0.690. The molecule has 2 aromatic rings. The summed E-state index contributed by atoms with van der Waals surface area (Å²) < 4.78 is 7.09. The van der Waals surface area contributed by atoms with Crippen molar-refractivity contribution in [2.45, 2.75) is 6.10 Å². The van der Waals surface area contributed by atoms with E-state index in [1.807, 2.05) is 12.1 Å². The van der Waals surface area contributed by atoms with E-state index >= 15 is 0 Å². The van der Waals surface area contributed by atoms with Gasteiger partial charge in [-0.25, -0.2) is 0 Å². The van der Waals surface area contributed by atoms with Crippen molar-refractivity contribution in [3.8, 4) is 0 Å². The average Bonchev–Trinajstić information content (AvgIpc) is 2.44. The summed E-state index contributed by atoms with van der Waals surface area (Å²) >= 11 is 0. The molecule has 0 unspecified atom stereocenters. The second-order valence-corrected chi connectivity index (χ2v) is 6.09. The van der Waals surface area contributed by atoms with Gasteiger partial charge >= 0.3 is 0 Å². The third kappa shape index (κ3) is 6.00. The van der Waals surface area contributed by atoms with Crippen LogP contribution in [0.15, 0.2) is 60.7 Å². The minimum atomic E-state index is 0. The fraction of sp³-hybridized carbons (Fsp3) is 0.333. The number of ether oxygens (including phenoxy) is 1. The molecule has 0 aliphatic heterocycles. The molecule has 0 amide bonds. The van der Waals surface area contributed by atoms with E-state index < -0.39 is 0 Å². The largest absolute Gasteiger partial charge is 1.00 e. The first-order valence-electron chi connectivity index (χ1n) is 7.08. The summed E-state index contributed by atoms with van der Waals surface area (Å²) in [6, 6.07) is 20.8. The summed E-state index contributed by atoms with van der Waals surface area (Å²) in [6.45, 7) is 1.74. The highest BCUT2D eigenvalue weighted by molar-refractivity contribution is 5.29. The third-order valence-electron chi connectivity index (χ3n) is 3.25. The van der Waals surface area contributed by atoms with Gasteiger partial charge < -0.3 is 26.2 Å². The molecule has 114 valence electrons. The number of hydrogen-bond acceptors (Lipinski definition) is 1. The van der Waals surface area contributed by atoms with Gasteiger partial charge in [0, 0.05) is 0 Å². The van der Waals surface area contributed by atoms with E-state index in [4.69, 9.17) is 4.74 Å². The Hall–Kier alpha value is -1.16. The van der Waals surface area contributed by atoms with Crippen LogP contribution in [-0.4, -0.2) is 38.8 Å². The number of likely N-dealkylation sites (N-methyl/N-ethyl adjacent to an activating group) is 1. The topological polar surface area (TPSA) is 9.23 Å². The molecule has 2 aromatic carbocycles. The normalized spacial score (nSPS) is 11.2. The molecule has 2 nitrogen and oxygen atoms in total. The molecule has 0 heterocycles. The van der Waals surface area contributed by atoms with Crippen molar-refractivity contribution in [1.82, 2.24) is 0 Å². The summed E-state index contributed by atoms with van der Waals surface area (Å²) in [7, 11) is 6.55. The maximum absolute atomic E-state index is 6.17. The molecule has 0 N–H and O–H groups in total. The second-order valence-electron chi connectivity index (χ2n) is 6.09. The Bertz CT molecular complexity index is 468. The van der Waals surface area contributed by atoms with Crippen LogP contribution < -0.4 is 17.0 Å². The molecule has 0 atom stereocenters. The Kier molecular flexibility index (Phi) is 7.09. The van der Waals surface area contributed by atoms with Crippen molar-refractivity contribution in [2.75, 3.05) is 34.3 Å². The monoisotopic (exact) mass is 349 g/mol. The van der Waals surface area contributed by atoms with E-state index in [-0.39, 0.29) is 23.1 Å². The van der Waals surface area contributed by atoms with E-state index in [1.54, 1.807) is 0 Å². The van der Waals surface area contributed by atoms with Crippen LogP contribution in [0.5, 0.6) is 0 Å². The fourth-order valence-electron chi connectivity index (χ4n) is 2.08. The summed E-state index contributed by atoms with van der Waals surface area (Å²) in [5, 5.41) is 0. The highest BCUT2D eigenvalue weighted by atomic mass is 79.9. The highest BCUT2D eigenvalue weighted by Gasteiger charge is 2.16. The first-order valence-corrected chi connectivity index (χ1v) is 7.08. The van der Waals surface area contributed by atoms with E-state index in [1.165, 1.54) is 11.1 Å². The summed E-state index contributed by atoms with van der Waals surface area (Å²) in [5.74, 6) is 0. The molecule has 0 aromatic heterocycles. The van der Waals surface area contributed by atoms with Crippen LogP contribution in [0.3, 0.4) is 0 Å². The molecule has 0 radical (unpaired) electrons. The lowest BCUT2D eigenvalue weighted by Gasteiger charge is -2.26. The summed E-state index contributed by atoms with van der Waals surface area (Å²) in [5.41, 5.74) is 2.42. The Labute approximate surface area is 138 Å². The van der Waals surface area contributed by atoms with Gasteiger partial charge in [0.2, 0.25) is 0 Å². The van der Waals surface area contributed by atoms with Crippen LogP contribution >= 0.6 is 0 Å². The molecule has 0 bridgehead atoms. The van der Waals surface area contributed by atoms with Crippen LogP contribution in [0.2, 0.25) is 0 Å². The fourth-order valence-corrected chi connectivity index (χ4v) is 2.08. The highest BCUT2D eigenvalue weighted by Crippen LogP contribution is 2.25. The number of quaternary nitrogens is 1. The van der Waals surface area contributed by atoms with Crippen molar-refractivity contribution in [2.24, 2.45) is 0 Å². The van der Waals surface area contributed by atoms with E-state index in [0.717, 1.165) is 17.6 Å². The van der Waals surface area contributed by atoms with Crippen molar-refractivity contribution < 1.29 is 26.2 Å². The number of benzene rings is 2. The van der Waals surface area contributed by atoms with Gasteiger partial charge in [-0.05, 0) is 11.1 Å².